The molecule has 1 aliphatic rings. The molecule has 0 aromatic carbocycles. The molecule has 0 aliphatic heterocycles. The summed E-state index contributed by atoms with van der Waals surface area (Å²) in [5, 5.41) is 4.23. The summed E-state index contributed by atoms with van der Waals surface area (Å²) in [6.07, 6.45) is 5.25. The third-order valence-corrected chi connectivity index (χ3v) is 3.45. The van der Waals surface area contributed by atoms with E-state index in [1.165, 1.54) is 24.4 Å². The molecule has 1 fully saturated rings. The lowest BCUT2D eigenvalue weighted by atomic mass is 10.3. The minimum Gasteiger partial charge on any atom is -0.360 e. The van der Waals surface area contributed by atoms with Crippen LogP contribution in [0.5, 0.6) is 0 Å². The highest BCUT2D eigenvalue weighted by molar-refractivity contribution is 7.09. The summed E-state index contributed by atoms with van der Waals surface area (Å²) in [5.74, 6) is 1.66. The molecule has 1 saturated carbocycles. The van der Waals surface area contributed by atoms with Gasteiger partial charge in [0.2, 0.25) is 5.13 Å². The van der Waals surface area contributed by atoms with Crippen LogP contribution >= 0.6 is 11.5 Å². The average molecular weight is 246 g/mol. The first-order chi connectivity index (χ1) is 8.42. The summed E-state index contributed by atoms with van der Waals surface area (Å²) in [6, 6.07) is 5.99. The molecule has 2 aromatic heterocycles. The molecule has 0 atom stereocenters. The fourth-order valence-electron chi connectivity index (χ4n) is 1.66. The highest BCUT2D eigenvalue weighted by Gasteiger charge is 2.27. The quantitative estimate of drug-likeness (QED) is 0.880. The third kappa shape index (κ3) is 2.79. The second-order valence-corrected chi connectivity index (χ2v) is 4.98. The van der Waals surface area contributed by atoms with Gasteiger partial charge in [0.15, 0.2) is 0 Å². The maximum absolute atomic E-state index is 4.48. The van der Waals surface area contributed by atoms with Crippen LogP contribution < -0.4 is 5.32 Å². The Labute approximate surface area is 104 Å². The summed E-state index contributed by atoms with van der Waals surface area (Å²) >= 11 is 1.46. The Bertz CT molecular complexity index is 478. The number of hydrogen-bond acceptors (Lipinski definition) is 5. The maximum atomic E-state index is 4.48. The smallest absolute Gasteiger partial charge is 0.202 e. The first-order valence-electron chi connectivity index (χ1n) is 5.89. The Morgan fingerprint density at radius 1 is 1.35 bits per heavy atom. The van der Waals surface area contributed by atoms with Crippen LogP contribution in [-0.4, -0.2) is 20.9 Å². The monoisotopic (exact) mass is 246 g/mol. The van der Waals surface area contributed by atoms with Crippen LogP contribution in [0.15, 0.2) is 24.4 Å². The van der Waals surface area contributed by atoms with E-state index in [1.807, 2.05) is 24.4 Å². The Kier molecular flexibility index (Phi) is 3.00. The van der Waals surface area contributed by atoms with Crippen LogP contribution in [0.25, 0.3) is 0 Å². The van der Waals surface area contributed by atoms with Crippen LogP contribution in [-0.2, 0) is 6.42 Å². The summed E-state index contributed by atoms with van der Waals surface area (Å²) < 4.78 is 4.36. The molecular formula is C12H14N4S. The number of rotatable bonds is 5. The molecule has 0 bridgehead atoms. The van der Waals surface area contributed by atoms with Gasteiger partial charge in [0.25, 0.3) is 0 Å². The van der Waals surface area contributed by atoms with Gasteiger partial charge in [0.1, 0.15) is 5.82 Å². The normalized spacial score (nSPS) is 14.8. The van der Waals surface area contributed by atoms with Gasteiger partial charge in [0, 0.05) is 42.3 Å². The zero-order chi connectivity index (χ0) is 11.5. The second-order valence-electron chi connectivity index (χ2n) is 4.23. The van der Waals surface area contributed by atoms with Crippen molar-refractivity contribution in [2.45, 2.75) is 25.2 Å². The number of aromatic nitrogens is 3. The zero-order valence-corrected chi connectivity index (χ0v) is 10.3. The fourth-order valence-corrected chi connectivity index (χ4v) is 2.33. The SMILES string of the molecule is c1ccc(CCNc2nc(C3CC3)ns2)nc1. The van der Waals surface area contributed by atoms with E-state index in [9.17, 15) is 0 Å². The van der Waals surface area contributed by atoms with Crippen LogP contribution in [0, 0.1) is 0 Å². The van der Waals surface area contributed by atoms with Crippen molar-refractivity contribution in [2.24, 2.45) is 0 Å². The van der Waals surface area contributed by atoms with E-state index in [0.717, 1.165) is 29.6 Å². The summed E-state index contributed by atoms with van der Waals surface area (Å²) in [7, 11) is 0. The van der Waals surface area contributed by atoms with E-state index in [1.54, 1.807) is 0 Å². The molecule has 0 unspecified atom stereocenters. The highest BCUT2D eigenvalue weighted by Crippen LogP contribution is 2.39. The maximum Gasteiger partial charge on any atom is 0.202 e. The van der Waals surface area contributed by atoms with Crippen LogP contribution in [0.1, 0.15) is 30.3 Å². The van der Waals surface area contributed by atoms with E-state index in [4.69, 9.17) is 0 Å². The molecule has 0 radical (unpaired) electrons. The Balaban J connectivity index is 1.50. The van der Waals surface area contributed by atoms with Crippen molar-refractivity contribution in [1.29, 1.82) is 0 Å². The van der Waals surface area contributed by atoms with Gasteiger partial charge in [-0.3, -0.25) is 4.98 Å². The summed E-state index contributed by atoms with van der Waals surface area (Å²) in [6.45, 7) is 0.857. The van der Waals surface area contributed by atoms with E-state index in [-0.39, 0.29) is 0 Å². The van der Waals surface area contributed by atoms with E-state index >= 15 is 0 Å². The molecule has 3 rings (SSSR count). The van der Waals surface area contributed by atoms with Gasteiger partial charge in [-0.1, -0.05) is 6.07 Å². The molecule has 0 amide bonds. The van der Waals surface area contributed by atoms with Gasteiger partial charge in [0.05, 0.1) is 0 Å². The molecular weight excluding hydrogens is 232 g/mol. The first kappa shape index (κ1) is 10.7. The minimum atomic E-state index is 0.637. The second kappa shape index (κ2) is 4.79. The van der Waals surface area contributed by atoms with Crippen molar-refractivity contribution >= 4 is 16.7 Å². The number of nitrogens with one attached hydrogen (secondary N) is 1. The molecule has 1 aliphatic carbocycles. The summed E-state index contributed by atoms with van der Waals surface area (Å²) in [4.78, 5) is 8.76. The Morgan fingerprint density at radius 2 is 2.29 bits per heavy atom. The number of nitrogens with zero attached hydrogens (tertiary/aromatic N) is 3. The third-order valence-electron chi connectivity index (χ3n) is 2.77. The molecule has 2 aromatic rings. The lowest BCUT2D eigenvalue weighted by Crippen LogP contribution is -2.05. The van der Waals surface area contributed by atoms with E-state index in [2.05, 4.69) is 19.7 Å². The molecule has 0 spiro atoms. The molecule has 4 nitrogen and oxygen atoms in total. The van der Waals surface area contributed by atoms with Gasteiger partial charge in [-0.2, -0.15) is 4.37 Å². The molecule has 2 heterocycles. The van der Waals surface area contributed by atoms with Crippen molar-refractivity contribution in [3.63, 3.8) is 0 Å². The molecule has 1 N–H and O–H groups in total. The predicted molar refractivity (Wildman–Crippen MR) is 68.3 cm³/mol. The number of pyridine rings is 1. The number of hydrogen-bond donors (Lipinski definition) is 1. The van der Waals surface area contributed by atoms with Gasteiger partial charge in [-0.25, -0.2) is 4.98 Å². The zero-order valence-electron chi connectivity index (χ0n) is 9.47. The van der Waals surface area contributed by atoms with Crippen molar-refractivity contribution in [1.82, 2.24) is 14.3 Å². The van der Waals surface area contributed by atoms with E-state index < -0.39 is 0 Å². The van der Waals surface area contributed by atoms with Crippen LogP contribution in [0.4, 0.5) is 5.13 Å². The van der Waals surface area contributed by atoms with Crippen molar-refractivity contribution in [2.75, 3.05) is 11.9 Å². The molecule has 0 saturated heterocycles. The molecule has 5 heteroatoms. The largest absolute Gasteiger partial charge is 0.360 e. The van der Waals surface area contributed by atoms with Crippen LogP contribution in [0.2, 0.25) is 0 Å². The Morgan fingerprint density at radius 3 is 3.06 bits per heavy atom. The standard InChI is InChI=1S/C12H14N4S/c1-2-7-13-10(3-1)6-8-14-12-15-11(16-17-12)9-4-5-9/h1-3,7,9H,4-6,8H2,(H,14,15,16). The van der Waals surface area contributed by atoms with E-state index in [0.29, 0.717) is 5.92 Å². The fraction of sp³-hybridized carbons (Fsp3) is 0.417. The van der Waals surface area contributed by atoms with Crippen LogP contribution in [0.3, 0.4) is 0 Å². The first-order valence-corrected chi connectivity index (χ1v) is 6.66. The van der Waals surface area contributed by atoms with Crippen molar-refractivity contribution < 1.29 is 0 Å². The lowest BCUT2D eigenvalue weighted by molar-refractivity contribution is 0.945. The van der Waals surface area contributed by atoms with Gasteiger partial charge >= 0.3 is 0 Å². The van der Waals surface area contributed by atoms with Gasteiger partial charge in [-0.15, -0.1) is 0 Å². The number of anilines is 1. The van der Waals surface area contributed by atoms with Crippen molar-refractivity contribution in [3.8, 4) is 0 Å². The molecule has 88 valence electrons. The average Bonchev–Trinajstić information content (AvgIpc) is 3.11. The topological polar surface area (TPSA) is 50.7 Å². The minimum absolute atomic E-state index is 0.637. The highest BCUT2D eigenvalue weighted by atomic mass is 32.1. The predicted octanol–water partition coefficient (Wildman–Crippen LogP) is 2.47. The Hall–Kier alpha value is -1.49. The molecule has 17 heavy (non-hydrogen) atoms. The van der Waals surface area contributed by atoms with Gasteiger partial charge in [-0.05, 0) is 25.0 Å². The summed E-state index contributed by atoms with van der Waals surface area (Å²) in [5.41, 5.74) is 1.10. The lowest BCUT2D eigenvalue weighted by Gasteiger charge is -2.01. The van der Waals surface area contributed by atoms with Crippen molar-refractivity contribution in [3.05, 3.63) is 35.9 Å². The van der Waals surface area contributed by atoms with Gasteiger partial charge < -0.3 is 5.32 Å².